The molecule has 0 saturated carbocycles. The van der Waals surface area contributed by atoms with Crippen LogP contribution < -0.4 is 4.74 Å². The van der Waals surface area contributed by atoms with Crippen LogP contribution in [0, 0.1) is 11.8 Å². The van der Waals surface area contributed by atoms with Crippen LogP contribution in [-0.4, -0.2) is 60.4 Å². The smallest absolute Gasteiger partial charge is 0.338 e. The van der Waals surface area contributed by atoms with Gasteiger partial charge in [0.25, 0.3) is 0 Å². The molecule has 2 unspecified atom stereocenters. The molecule has 38 heavy (non-hydrogen) atoms. The van der Waals surface area contributed by atoms with Gasteiger partial charge in [-0.05, 0) is 72.1 Å². The number of fused-ring (bicyclic) bond motifs is 1. The van der Waals surface area contributed by atoms with Crippen LogP contribution in [0.4, 0.5) is 0 Å². The number of hydrogen-bond donors (Lipinski definition) is 3. The third kappa shape index (κ3) is 7.36. The molecular formula is C31H40O7. The van der Waals surface area contributed by atoms with E-state index in [4.69, 9.17) is 19.3 Å². The summed E-state index contributed by atoms with van der Waals surface area (Å²) >= 11 is 0. The minimum Gasteiger partial charge on any atom is -0.491 e. The lowest BCUT2D eigenvalue weighted by Gasteiger charge is -2.43. The molecule has 3 N–H and O–H groups in total. The normalized spacial score (nSPS) is 16.9. The molecular weight excluding hydrogens is 484 g/mol. The van der Waals surface area contributed by atoms with Crippen molar-refractivity contribution in [2.24, 2.45) is 0 Å². The predicted molar refractivity (Wildman–Crippen MR) is 145 cm³/mol. The second-order valence-electron chi connectivity index (χ2n) is 10.9. The maximum Gasteiger partial charge on any atom is 0.338 e. The summed E-state index contributed by atoms with van der Waals surface area (Å²) in [6.45, 7) is 11.7. The number of rotatable bonds is 10. The molecule has 0 amide bonds. The van der Waals surface area contributed by atoms with Crippen LogP contribution in [0.25, 0.3) is 0 Å². The summed E-state index contributed by atoms with van der Waals surface area (Å²) in [4.78, 5) is 12.1. The molecule has 0 spiro atoms. The Hall–Kier alpha value is -2.89. The van der Waals surface area contributed by atoms with E-state index in [1.54, 1.807) is 24.3 Å². The van der Waals surface area contributed by atoms with E-state index in [0.717, 1.165) is 18.6 Å². The highest BCUT2D eigenvalue weighted by molar-refractivity contribution is 5.89. The van der Waals surface area contributed by atoms with Crippen molar-refractivity contribution in [2.75, 3.05) is 33.0 Å². The number of aliphatic hydroxyl groups is 3. The number of esters is 1. The lowest BCUT2D eigenvalue weighted by atomic mass is 9.62. The predicted octanol–water partition coefficient (Wildman–Crippen LogP) is 4.05. The Morgan fingerprint density at radius 2 is 1.71 bits per heavy atom. The molecule has 0 heterocycles. The molecule has 0 bridgehead atoms. The standard InChI is InChI=1S/C31H40O7/c1-6-36-15-16-37-27-18-23(17-25-28(27)31(4,5)14-13-30(25,2)3)26(34)12-9-21-7-10-22(11-8-21)29(35)38-20-24(33)19-32/h7-8,10-11,17-18,24,26,32-34H,6,13-16,19-20H2,1-5H3. The molecule has 1 aliphatic rings. The van der Waals surface area contributed by atoms with Crippen molar-refractivity contribution in [3.63, 3.8) is 0 Å². The summed E-state index contributed by atoms with van der Waals surface area (Å²) in [7, 11) is 0. The lowest BCUT2D eigenvalue weighted by Crippen LogP contribution is -2.34. The third-order valence-electron chi connectivity index (χ3n) is 7.00. The molecule has 206 valence electrons. The molecule has 0 aromatic heterocycles. The zero-order valence-corrected chi connectivity index (χ0v) is 23.0. The van der Waals surface area contributed by atoms with Crippen molar-refractivity contribution in [2.45, 2.75) is 70.5 Å². The SMILES string of the molecule is CCOCCOc1cc(C(O)C#Cc2ccc(C(=O)OCC(O)CO)cc2)cc2c1C(C)(C)CCC2(C)C. The van der Waals surface area contributed by atoms with Crippen LogP contribution in [0.15, 0.2) is 36.4 Å². The van der Waals surface area contributed by atoms with Crippen LogP contribution in [-0.2, 0) is 20.3 Å². The first kappa shape index (κ1) is 29.7. The summed E-state index contributed by atoms with van der Waals surface area (Å²) in [5.74, 6) is 6.06. The van der Waals surface area contributed by atoms with Gasteiger partial charge in [-0.3, -0.25) is 0 Å². The molecule has 0 fully saturated rings. The average Bonchev–Trinajstić information content (AvgIpc) is 2.90. The van der Waals surface area contributed by atoms with E-state index >= 15 is 0 Å². The fourth-order valence-electron chi connectivity index (χ4n) is 4.61. The Kier molecular flexibility index (Phi) is 9.97. The first-order valence-corrected chi connectivity index (χ1v) is 13.1. The maximum atomic E-state index is 12.1. The average molecular weight is 525 g/mol. The molecule has 0 radical (unpaired) electrons. The van der Waals surface area contributed by atoms with Gasteiger partial charge in [0.2, 0.25) is 0 Å². The van der Waals surface area contributed by atoms with E-state index in [0.29, 0.717) is 36.5 Å². The molecule has 2 atom stereocenters. The first-order chi connectivity index (χ1) is 18.0. The van der Waals surface area contributed by atoms with Crippen LogP contribution in [0.3, 0.4) is 0 Å². The van der Waals surface area contributed by atoms with Crippen molar-refractivity contribution in [3.05, 3.63) is 64.2 Å². The van der Waals surface area contributed by atoms with Crippen LogP contribution in [0.1, 0.15) is 86.2 Å². The minimum absolute atomic E-state index is 0.0555. The van der Waals surface area contributed by atoms with Crippen LogP contribution in [0.5, 0.6) is 5.75 Å². The third-order valence-corrected chi connectivity index (χ3v) is 7.00. The largest absolute Gasteiger partial charge is 0.491 e. The van der Waals surface area contributed by atoms with Gasteiger partial charge in [-0.25, -0.2) is 4.79 Å². The molecule has 0 saturated heterocycles. The monoisotopic (exact) mass is 524 g/mol. The second-order valence-corrected chi connectivity index (χ2v) is 10.9. The Bertz CT molecular complexity index is 1160. The molecule has 2 aromatic carbocycles. The molecule has 1 aliphatic carbocycles. The number of hydrogen-bond acceptors (Lipinski definition) is 7. The van der Waals surface area contributed by atoms with Gasteiger partial charge in [-0.15, -0.1) is 0 Å². The fraction of sp³-hybridized carbons (Fsp3) is 0.516. The van der Waals surface area contributed by atoms with Gasteiger partial charge in [0.15, 0.2) is 0 Å². The minimum atomic E-state index is -1.11. The van der Waals surface area contributed by atoms with Crippen molar-refractivity contribution < 1.29 is 34.3 Å². The quantitative estimate of drug-likeness (QED) is 0.245. The lowest BCUT2D eigenvalue weighted by molar-refractivity contribution is 0.00933. The van der Waals surface area contributed by atoms with Gasteiger partial charge in [-0.1, -0.05) is 45.6 Å². The fourth-order valence-corrected chi connectivity index (χ4v) is 4.61. The molecule has 0 aliphatic heterocycles. The van der Waals surface area contributed by atoms with Gasteiger partial charge >= 0.3 is 5.97 Å². The van der Waals surface area contributed by atoms with E-state index < -0.39 is 24.8 Å². The van der Waals surface area contributed by atoms with Crippen LogP contribution >= 0.6 is 0 Å². The highest BCUT2D eigenvalue weighted by Crippen LogP contribution is 2.50. The van der Waals surface area contributed by atoms with Crippen molar-refractivity contribution >= 4 is 5.97 Å². The van der Waals surface area contributed by atoms with Gasteiger partial charge in [0, 0.05) is 17.7 Å². The maximum absolute atomic E-state index is 12.1. The van der Waals surface area contributed by atoms with Crippen molar-refractivity contribution in [1.29, 1.82) is 0 Å². The van der Waals surface area contributed by atoms with Crippen molar-refractivity contribution in [1.82, 2.24) is 0 Å². The summed E-state index contributed by atoms with van der Waals surface area (Å²) in [5.41, 5.74) is 3.84. The second kappa shape index (κ2) is 12.8. The summed E-state index contributed by atoms with van der Waals surface area (Å²) < 4.78 is 16.6. The zero-order chi connectivity index (χ0) is 27.9. The van der Waals surface area contributed by atoms with Crippen molar-refractivity contribution in [3.8, 4) is 17.6 Å². The van der Waals surface area contributed by atoms with Gasteiger partial charge < -0.3 is 29.5 Å². The first-order valence-electron chi connectivity index (χ1n) is 13.1. The molecule has 7 nitrogen and oxygen atoms in total. The number of carbonyl (C=O) groups excluding carboxylic acids is 1. The Balaban J connectivity index is 1.84. The van der Waals surface area contributed by atoms with Gasteiger partial charge in [-0.2, -0.15) is 0 Å². The molecule has 2 aromatic rings. The highest BCUT2D eigenvalue weighted by atomic mass is 16.5. The van der Waals surface area contributed by atoms with E-state index in [1.807, 2.05) is 13.0 Å². The Morgan fingerprint density at radius 3 is 2.37 bits per heavy atom. The number of aliphatic hydroxyl groups excluding tert-OH is 3. The number of benzene rings is 2. The number of carbonyl (C=O) groups is 1. The summed E-state index contributed by atoms with van der Waals surface area (Å²) in [6.07, 6.45) is -0.0618. The Labute approximate surface area is 225 Å². The zero-order valence-electron chi connectivity index (χ0n) is 23.0. The van der Waals surface area contributed by atoms with Gasteiger partial charge in [0.05, 0.1) is 18.8 Å². The van der Waals surface area contributed by atoms with Gasteiger partial charge in [0.1, 0.15) is 31.2 Å². The molecule has 7 heteroatoms. The Morgan fingerprint density at radius 1 is 1.03 bits per heavy atom. The van der Waals surface area contributed by atoms with E-state index in [9.17, 15) is 15.0 Å². The summed E-state index contributed by atoms with van der Waals surface area (Å²) in [5, 5.41) is 29.2. The summed E-state index contributed by atoms with van der Waals surface area (Å²) in [6, 6.07) is 10.4. The number of ether oxygens (including phenoxy) is 3. The van der Waals surface area contributed by atoms with E-state index in [2.05, 4.69) is 45.6 Å². The molecule has 3 rings (SSSR count). The topological polar surface area (TPSA) is 105 Å². The van der Waals surface area contributed by atoms with E-state index in [-0.39, 0.29) is 17.4 Å². The van der Waals surface area contributed by atoms with Crippen LogP contribution in [0.2, 0.25) is 0 Å². The highest BCUT2D eigenvalue weighted by Gasteiger charge is 2.40. The van der Waals surface area contributed by atoms with E-state index in [1.165, 1.54) is 11.1 Å².